The summed E-state index contributed by atoms with van der Waals surface area (Å²) >= 11 is 1.75. The number of benzene rings is 1. The van der Waals surface area contributed by atoms with Gasteiger partial charge in [-0.2, -0.15) is 0 Å². The van der Waals surface area contributed by atoms with Gasteiger partial charge in [0.25, 0.3) is 0 Å². The summed E-state index contributed by atoms with van der Waals surface area (Å²) in [6.07, 6.45) is 5.33. The Kier molecular flexibility index (Phi) is 5.33. The van der Waals surface area contributed by atoms with Crippen molar-refractivity contribution in [3.05, 3.63) is 34.3 Å². The predicted octanol–water partition coefficient (Wildman–Crippen LogP) is 6.06. The van der Waals surface area contributed by atoms with E-state index in [1.54, 1.807) is 24.5 Å². The molecule has 2 aromatic rings. The molecule has 0 spiro atoms. The van der Waals surface area contributed by atoms with Crippen LogP contribution in [0.1, 0.15) is 74.3 Å². The lowest BCUT2D eigenvalue weighted by atomic mass is 9.61. The van der Waals surface area contributed by atoms with E-state index >= 15 is 0 Å². The number of nitrogens with zero attached hydrogens (tertiary/aromatic N) is 1. The minimum atomic E-state index is -0.409. The van der Waals surface area contributed by atoms with E-state index in [0.717, 1.165) is 16.7 Å². The smallest absolute Gasteiger partial charge is 0.341 e. The second kappa shape index (κ2) is 7.56. The Morgan fingerprint density at radius 2 is 1.97 bits per heavy atom. The molecule has 0 aliphatic heterocycles. The zero-order valence-corrected chi connectivity index (χ0v) is 19.6. The largest absolute Gasteiger partial charge is 0.496 e. The van der Waals surface area contributed by atoms with Crippen LogP contribution < -0.4 is 10.1 Å². The average Bonchev–Trinajstić information content (AvgIpc) is 3.41. The lowest BCUT2D eigenvalue weighted by Crippen LogP contribution is -2.41. The molecule has 0 bridgehead atoms. The Balaban J connectivity index is 1.63. The second-order valence-corrected chi connectivity index (χ2v) is 10.9. The number of esters is 1. The number of anilines is 2. The minimum Gasteiger partial charge on any atom is -0.496 e. The highest BCUT2D eigenvalue weighted by atomic mass is 32.1. The molecule has 0 radical (unpaired) electrons. The van der Waals surface area contributed by atoms with Crippen LogP contribution in [0.5, 0.6) is 5.75 Å². The van der Waals surface area contributed by atoms with Crippen molar-refractivity contribution in [2.45, 2.75) is 64.2 Å². The highest BCUT2D eigenvalue weighted by Crippen LogP contribution is 2.55. The lowest BCUT2D eigenvalue weighted by Gasteiger charge is -2.45. The molecule has 1 aromatic heterocycles. The van der Waals surface area contributed by atoms with Crippen molar-refractivity contribution in [3.8, 4) is 5.75 Å². The SMILES string of the molecule is COC(=O)c1ccc(Nc2nc3c(s2)C(C)(C)CC(CC2CC2)C3(C)C)cc1OC. The first-order valence-electron chi connectivity index (χ1n) is 10.7. The quantitative estimate of drug-likeness (QED) is 0.567. The van der Waals surface area contributed by atoms with Gasteiger partial charge in [-0.05, 0) is 36.8 Å². The second-order valence-electron chi connectivity index (χ2n) is 9.91. The minimum absolute atomic E-state index is 0.0797. The van der Waals surface area contributed by atoms with Crippen LogP contribution in [0, 0.1) is 11.8 Å². The third kappa shape index (κ3) is 3.82. The number of methoxy groups -OCH3 is 2. The van der Waals surface area contributed by atoms with Crippen LogP contribution in [0.15, 0.2) is 18.2 Å². The molecule has 1 heterocycles. The zero-order chi connectivity index (χ0) is 21.7. The molecule has 1 unspecified atom stereocenters. The van der Waals surface area contributed by atoms with E-state index in [0.29, 0.717) is 17.2 Å². The molecule has 1 fully saturated rings. The molecule has 1 saturated carbocycles. The summed E-state index contributed by atoms with van der Waals surface area (Å²) in [5.41, 5.74) is 2.71. The molecule has 1 aromatic carbocycles. The van der Waals surface area contributed by atoms with Crippen molar-refractivity contribution >= 4 is 28.1 Å². The topological polar surface area (TPSA) is 60.5 Å². The molecule has 0 saturated heterocycles. The molecule has 1 atom stereocenters. The van der Waals surface area contributed by atoms with E-state index in [4.69, 9.17) is 14.5 Å². The van der Waals surface area contributed by atoms with E-state index in [2.05, 4.69) is 33.0 Å². The molecular formula is C24H32N2O3S. The van der Waals surface area contributed by atoms with Gasteiger partial charge >= 0.3 is 5.97 Å². The maximum absolute atomic E-state index is 11.9. The van der Waals surface area contributed by atoms with Crippen LogP contribution >= 0.6 is 11.3 Å². The summed E-state index contributed by atoms with van der Waals surface area (Å²) in [6.45, 7) is 9.45. The average molecular weight is 429 g/mol. The van der Waals surface area contributed by atoms with Crippen molar-refractivity contribution in [1.82, 2.24) is 4.98 Å². The summed E-state index contributed by atoms with van der Waals surface area (Å²) in [6, 6.07) is 5.40. The summed E-state index contributed by atoms with van der Waals surface area (Å²) < 4.78 is 10.2. The lowest BCUT2D eigenvalue weighted by molar-refractivity contribution is 0.0597. The monoisotopic (exact) mass is 428 g/mol. The number of nitrogens with one attached hydrogen (secondary N) is 1. The third-order valence-electron chi connectivity index (χ3n) is 6.80. The van der Waals surface area contributed by atoms with Crippen molar-refractivity contribution < 1.29 is 14.3 Å². The number of hydrogen-bond acceptors (Lipinski definition) is 6. The third-order valence-corrected chi connectivity index (χ3v) is 8.14. The van der Waals surface area contributed by atoms with Gasteiger partial charge in [0.1, 0.15) is 11.3 Å². The predicted molar refractivity (Wildman–Crippen MR) is 121 cm³/mol. The maximum Gasteiger partial charge on any atom is 0.341 e. The van der Waals surface area contributed by atoms with E-state index in [1.165, 1.54) is 43.4 Å². The van der Waals surface area contributed by atoms with Crippen molar-refractivity contribution in [1.29, 1.82) is 0 Å². The van der Waals surface area contributed by atoms with E-state index in [9.17, 15) is 4.79 Å². The van der Waals surface area contributed by atoms with Gasteiger partial charge in [-0.1, -0.05) is 40.5 Å². The maximum atomic E-state index is 11.9. The molecule has 2 aliphatic carbocycles. The van der Waals surface area contributed by atoms with Gasteiger partial charge in [0.15, 0.2) is 5.13 Å². The molecule has 6 heteroatoms. The van der Waals surface area contributed by atoms with Crippen LogP contribution in [0.25, 0.3) is 0 Å². The van der Waals surface area contributed by atoms with Gasteiger partial charge in [0, 0.05) is 27.5 Å². The Labute approximate surface area is 183 Å². The van der Waals surface area contributed by atoms with Crippen LogP contribution in [0.4, 0.5) is 10.8 Å². The van der Waals surface area contributed by atoms with Crippen LogP contribution in [-0.4, -0.2) is 25.2 Å². The molecule has 1 N–H and O–H groups in total. The fraction of sp³-hybridized carbons (Fsp3) is 0.583. The normalized spacial score (nSPS) is 21.6. The zero-order valence-electron chi connectivity index (χ0n) is 18.8. The molecule has 2 aliphatic rings. The highest BCUT2D eigenvalue weighted by Gasteiger charge is 2.48. The summed E-state index contributed by atoms with van der Waals surface area (Å²) in [4.78, 5) is 18.4. The van der Waals surface area contributed by atoms with Gasteiger partial charge in [-0.3, -0.25) is 0 Å². The molecule has 4 rings (SSSR count). The summed E-state index contributed by atoms with van der Waals surface area (Å²) in [5, 5.41) is 4.33. The number of thiazole rings is 1. The van der Waals surface area contributed by atoms with E-state index < -0.39 is 5.97 Å². The van der Waals surface area contributed by atoms with Gasteiger partial charge in [0.2, 0.25) is 0 Å². The number of ether oxygens (including phenoxy) is 2. The standard InChI is InChI=1S/C24H32N2O3S/c1-23(2)13-15(11-14-7-8-14)24(3,4)19-20(23)30-22(26-19)25-16-9-10-17(21(27)29-6)18(12-16)28-5/h9-10,12,14-15H,7-8,11,13H2,1-6H3,(H,25,26). The number of fused-ring (bicyclic) bond motifs is 1. The Hall–Kier alpha value is -2.08. The first kappa shape index (κ1) is 21.2. The van der Waals surface area contributed by atoms with Crippen LogP contribution in [-0.2, 0) is 15.6 Å². The summed E-state index contributed by atoms with van der Waals surface area (Å²) in [5.74, 6) is 1.66. The number of carbonyl (C=O) groups excluding carboxylic acids is 1. The molecular weight excluding hydrogens is 396 g/mol. The van der Waals surface area contributed by atoms with E-state index in [1.807, 2.05) is 12.1 Å². The molecule has 30 heavy (non-hydrogen) atoms. The van der Waals surface area contributed by atoms with Gasteiger partial charge in [-0.25, -0.2) is 9.78 Å². The highest BCUT2D eigenvalue weighted by molar-refractivity contribution is 7.16. The Morgan fingerprint density at radius 3 is 2.60 bits per heavy atom. The van der Waals surface area contributed by atoms with Crippen molar-refractivity contribution in [2.24, 2.45) is 11.8 Å². The van der Waals surface area contributed by atoms with Gasteiger partial charge in [-0.15, -0.1) is 11.3 Å². The van der Waals surface area contributed by atoms with Gasteiger partial charge < -0.3 is 14.8 Å². The van der Waals surface area contributed by atoms with Crippen LogP contribution in [0.3, 0.4) is 0 Å². The van der Waals surface area contributed by atoms with Crippen molar-refractivity contribution in [3.63, 3.8) is 0 Å². The Morgan fingerprint density at radius 1 is 1.23 bits per heavy atom. The van der Waals surface area contributed by atoms with E-state index in [-0.39, 0.29) is 10.8 Å². The van der Waals surface area contributed by atoms with Crippen molar-refractivity contribution in [2.75, 3.05) is 19.5 Å². The number of carbonyl (C=O) groups is 1. The molecule has 0 amide bonds. The molecule has 162 valence electrons. The van der Waals surface area contributed by atoms with Crippen LogP contribution in [0.2, 0.25) is 0 Å². The fourth-order valence-corrected chi connectivity index (χ4v) is 6.00. The fourth-order valence-electron chi connectivity index (χ4n) is 4.73. The number of rotatable bonds is 6. The summed E-state index contributed by atoms with van der Waals surface area (Å²) in [7, 11) is 2.92. The first-order chi connectivity index (χ1) is 14.2. The van der Waals surface area contributed by atoms with Gasteiger partial charge in [0.05, 0.1) is 19.9 Å². The first-order valence-corrected chi connectivity index (χ1v) is 11.5. The number of hydrogen-bond donors (Lipinski definition) is 1. The Bertz CT molecular complexity index is 959. The number of aromatic nitrogens is 1. The molecule has 5 nitrogen and oxygen atoms in total.